The van der Waals surface area contributed by atoms with Crippen LogP contribution in [0.4, 0.5) is 0 Å². The number of aliphatic hydroxyl groups excluding tert-OH is 4. The molecule has 1 aliphatic rings. The molecule has 0 aromatic rings. The Morgan fingerprint density at radius 2 is 0.879 bits per heavy atom. The van der Waals surface area contributed by atoms with Crippen molar-refractivity contribution in [3.63, 3.8) is 0 Å². The molecule has 1 fully saturated rings. The number of carbonyl (C=O) groups excluding carboxylic acids is 1. The van der Waals surface area contributed by atoms with Crippen LogP contribution in [-0.4, -0.2) is 89.6 Å². The van der Waals surface area contributed by atoms with E-state index in [1.165, 1.54) is 77.0 Å². The summed E-state index contributed by atoms with van der Waals surface area (Å²) in [6.45, 7) is 4.31. The van der Waals surface area contributed by atoms with Crippen LogP contribution in [0.2, 0.25) is 0 Å². The molecule has 0 amide bonds. The molecule has 9 heteroatoms. The SMILES string of the molecule is CC/C=C\C/C=C\C/C=C\C/C=C\C/C=C\CCCCCCCCCCCCOCC(COC1OC(CO)C(O)C(O)C1O)OC(=O)CCCCCCCCC/C=C\C/C=C\C/C=C\CC. The quantitative estimate of drug-likeness (QED) is 0.0268. The van der Waals surface area contributed by atoms with Gasteiger partial charge in [-0.2, -0.15) is 0 Å². The van der Waals surface area contributed by atoms with Crippen LogP contribution in [0, 0.1) is 0 Å². The second kappa shape index (κ2) is 47.2. The molecule has 0 aliphatic carbocycles. The van der Waals surface area contributed by atoms with E-state index in [-0.39, 0.29) is 19.2 Å². The van der Waals surface area contributed by atoms with E-state index in [1.54, 1.807) is 0 Å². The molecule has 0 bridgehead atoms. The van der Waals surface area contributed by atoms with E-state index >= 15 is 0 Å². The maximum atomic E-state index is 12.8. The van der Waals surface area contributed by atoms with Crippen LogP contribution in [0.5, 0.6) is 0 Å². The molecule has 378 valence electrons. The molecular weight excluding hydrogens is 829 g/mol. The lowest BCUT2D eigenvalue weighted by Gasteiger charge is -2.39. The normalized spacial score (nSPS) is 20.1. The minimum atomic E-state index is -1.55. The van der Waals surface area contributed by atoms with Gasteiger partial charge in [0.1, 0.15) is 30.5 Å². The Morgan fingerprint density at radius 1 is 0.485 bits per heavy atom. The van der Waals surface area contributed by atoms with E-state index in [4.69, 9.17) is 18.9 Å². The molecule has 0 spiro atoms. The van der Waals surface area contributed by atoms with E-state index in [1.807, 2.05) is 0 Å². The van der Waals surface area contributed by atoms with Crippen molar-refractivity contribution >= 4 is 5.97 Å². The first kappa shape index (κ1) is 61.1. The van der Waals surface area contributed by atoms with E-state index in [2.05, 4.69) is 111 Å². The Kier molecular flexibility index (Phi) is 43.7. The van der Waals surface area contributed by atoms with Crippen molar-refractivity contribution in [2.45, 2.75) is 230 Å². The maximum Gasteiger partial charge on any atom is 0.306 e. The second-order valence-corrected chi connectivity index (χ2v) is 17.6. The molecule has 1 saturated heterocycles. The van der Waals surface area contributed by atoms with Gasteiger partial charge in [0.25, 0.3) is 0 Å². The van der Waals surface area contributed by atoms with Gasteiger partial charge in [-0.05, 0) is 89.9 Å². The number of hydrogen-bond acceptors (Lipinski definition) is 9. The summed E-state index contributed by atoms with van der Waals surface area (Å²) >= 11 is 0. The van der Waals surface area contributed by atoms with Gasteiger partial charge in [-0.25, -0.2) is 0 Å². The molecule has 0 aromatic carbocycles. The highest BCUT2D eigenvalue weighted by Crippen LogP contribution is 2.23. The molecular formula is C57H96O9. The van der Waals surface area contributed by atoms with Gasteiger partial charge in [-0.1, -0.05) is 195 Å². The molecule has 1 heterocycles. The fourth-order valence-corrected chi connectivity index (χ4v) is 7.47. The lowest BCUT2D eigenvalue weighted by Crippen LogP contribution is -2.59. The summed E-state index contributed by atoms with van der Waals surface area (Å²) in [4.78, 5) is 12.8. The lowest BCUT2D eigenvalue weighted by molar-refractivity contribution is -0.305. The summed E-state index contributed by atoms with van der Waals surface area (Å²) in [6, 6.07) is 0. The third kappa shape index (κ3) is 37.1. The van der Waals surface area contributed by atoms with Gasteiger partial charge in [-0.15, -0.1) is 0 Å². The molecule has 0 aromatic heterocycles. The lowest BCUT2D eigenvalue weighted by atomic mass is 9.99. The highest BCUT2D eigenvalue weighted by Gasteiger charge is 2.44. The standard InChI is InChI=1S/C57H96O9/c1-3-5-7-9-11-13-15-17-19-21-22-23-24-25-26-27-28-29-31-33-35-37-39-41-43-45-47-63-49-51(50-64-57-56(62)55(61)54(60)52(48-58)66-57)65-53(59)46-44-42-40-38-36-34-32-30-20-18-16-14-12-10-8-6-4-2/h5-8,11-14,17-20,22-23,25-26,51-52,54-58,60-62H,3-4,9-10,15-16,21,24,27-50H2,1-2H3/b7-5-,8-6-,13-11-,14-12-,19-17-,20-18-,23-22-,26-25-. The van der Waals surface area contributed by atoms with Gasteiger partial charge in [-0.3, -0.25) is 4.79 Å². The van der Waals surface area contributed by atoms with Crippen molar-refractivity contribution in [1.82, 2.24) is 0 Å². The summed E-state index contributed by atoms with van der Waals surface area (Å²) in [5.74, 6) is -0.328. The van der Waals surface area contributed by atoms with Crippen LogP contribution < -0.4 is 0 Å². The van der Waals surface area contributed by atoms with Gasteiger partial charge in [0, 0.05) is 13.0 Å². The number of ether oxygens (including phenoxy) is 4. The predicted octanol–water partition coefficient (Wildman–Crippen LogP) is 13.1. The zero-order valence-electron chi connectivity index (χ0n) is 41.7. The first-order valence-corrected chi connectivity index (χ1v) is 26.3. The molecule has 6 atom stereocenters. The van der Waals surface area contributed by atoms with Crippen LogP contribution in [0.1, 0.15) is 194 Å². The minimum Gasteiger partial charge on any atom is -0.457 e. The number of rotatable bonds is 44. The molecule has 4 N–H and O–H groups in total. The molecule has 6 unspecified atom stereocenters. The smallest absolute Gasteiger partial charge is 0.306 e. The Bertz CT molecular complexity index is 1330. The molecule has 1 aliphatic heterocycles. The largest absolute Gasteiger partial charge is 0.457 e. The number of esters is 1. The van der Waals surface area contributed by atoms with Crippen LogP contribution >= 0.6 is 0 Å². The van der Waals surface area contributed by atoms with E-state index in [9.17, 15) is 25.2 Å². The topological polar surface area (TPSA) is 135 Å². The molecule has 9 nitrogen and oxygen atoms in total. The first-order valence-electron chi connectivity index (χ1n) is 26.3. The fourth-order valence-electron chi connectivity index (χ4n) is 7.47. The van der Waals surface area contributed by atoms with Crippen molar-refractivity contribution < 1.29 is 44.2 Å². The van der Waals surface area contributed by atoms with Gasteiger partial charge in [0.05, 0.1) is 19.8 Å². The summed E-state index contributed by atoms with van der Waals surface area (Å²) in [5, 5.41) is 40.3. The van der Waals surface area contributed by atoms with Crippen LogP contribution in [0.3, 0.4) is 0 Å². The minimum absolute atomic E-state index is 0.125. The van der Waals surface area contributed by atoms with Crippen molar-refractivity contribution in [2.24, 2.45) is 0 Å². The zero-order valence-corrected chi connectivity index (χ0v) is 41.7. The van der Waals surface area contributed by atoms with Crippen molar-refractivity contribution in [3.05, 3.63) is 97.2 Å². The summed E-state index contributed by atoms with van der Waals surface area (Å²) in [5.41, 5.74) is 0. The Labute approximate surface area is 402 Å². The Hall–Kier alpha value is -2.89. The molecule has 0 radical (unpaired) electrons. The third-order valence-corrected chi connectivity index (χ3v) is 11.5. The highest BCUT2D eigenvalue weighted by atomic mass is 16.7. The molecule has 1 rings (SSSR count). The van der Waals surface area contributed by atoms with Gasteiger partial charge >= 0.3 is 5.97 Å². The number of unbranched alkanes of at least 4 members (excludes halogenated alkanes) is 17. The predicted molar refractivity (Wildman–Crippen MR) is 274 cm³/mol. The van der Waals surface area contributed by atoms with Gasteiger partial charge in [0.15, 0.2) is 6.29 Å². The van der Waals surface area contributed by atoms with Gasteiger partial charge in [0.2, 0.25) is 0 Å². The summed E-state index contributed by atoms with van der Waals surface area (Å²) < 4.78 is 22.9. The van der Waals surface area contributed by atoms with E-state index < -0.39 is 43.4 Å². The number of carbonyl (C=O) groups is 1. The monoisotopic (exact) mass is 925 g/mol. The molecule has 66 heavy (non-hydrogen) atoms. The highest BCUT2D eigenvalue weighted by molar-refractivity contribution is 5.69. The third-order valence-electron chi connectivity index (χ3n) is 11.5. The van der Waals surface area contributed by atoms with E-state index in [0.29, 0.717) is 13.0 Å². The van der Waals surface area contributed by atoms with Crippen molar-refractivity contribution in [3.8, 4) is 0 Å². The maximum absolute atomic E-state index is 12.8. The van der Waals surface area contributed by atoms with Crippen LogP contribution in [-0.2, 0) is 23.7 Å². The number of hydrogen-bond donors (Lipinski definition) is 4. The second-order valence-electron chi connectivity index (χ2n) is 17.6. The van der Waals surface area contributed by atoms with Crippen molar-refractivity contribution in [2.75, 3.05) is 26.4 Å². The average molecular weight is 925 g/mol. The molecule has 0 saturated carbocycles. The zero-order chi connectivity index (χ0) is 47.8. The first-order chi connectivity index (χ1) is 32.4. The summed E-state index contributed by atoms with van der Waals surface area (Å²) in [6.07, 6.45) is 58.7. The average Bonchev–Trinajstić information content (AvgIpc) is 3.32. The number of aliphatic hydroxyl groups is 4. The van der Waals surface area contributed by atoms with Crippen LogP contribution in [0.15, 0.2) is 97.2 Å². The van der Waals surface area contributed by atoms with Gasteiger partial charge < -0.3 is 39.4 Å². The fraction of sp³-hybridized carbons (Fsp3) is 0.702. The number of allylic oxidation sites excluding steroid dienone is 16. The Balaban J connectivity index is 2.19. The Morgan fingerprint density at radius 3 is 1.32 bits per heavy atom. The van der Waals surface area contributed by atoms with E-state index in [0.717, 1.165) is 96.3 Å². The van der Waals surface area contributed by atoms with Crippen molar-refractivity contribution in [1.29, 1.82) is 0 Å². The summed E-state index contributed by atoms with van der Waals surface area (Å²) in [7, 11) is 0. The van der Waals surface area contributed by atoms with Crippen LogP contribution in [0.25, 0.3) is 0 Å².